The molecule has 7 heteroatoms. The van der Waals surface area contributed by atoms with Crippen LogP contribution in [0.3, 0.4) is 0 Å². The molecule has 2 atom stereocenters. The minimum atomic E-state index is -0.0314. The van der Waals surface area contributed by atoms with E-state index < -0.39 is 0 Å². The number of nitrogens with one attached hydrogen (secondary N) is 1. The maximum Gasteiger partial charge on any atom is 0.317 e. The van der Waals surface area contributed by atoms with Crippen molar-refractivity contribution >= 4 is 23.3 Å². The molecule has 30 heavy (non-hydrogen) atoms. The van der Waals surface area contributed by atoms with Crippen LogP contribution in [-0.2, 0) is 0 Å². The Morgan fingerprint density at radius 3 is 2.63 bits per heavy atom. The van der Waals surface area contributed by atoms with E-state index in [0.29, 0.717) is 30.8 Å². The van der Waals surface area contributed by atoms with Crippen LogP contribution in [0.15, 0.2) is 11.4 Å². The van der Waals surface area contributed by atoms with Crippen LogP contribution in [0.2, 0.25) is 0 Å². The van der Waals surface area contributed by atoms with Crippen LogP contribution in [0.1, 0.15) is 78.9 Å². The third kappa shape index (κ3) is 4.83. The average molecular weight is 434 g/mol. The summed E-state index contributed by atoms with van der Waals surface area (Å²) in [5.74, 6) is 1.37. The number of piperidine rings is 2. The molecule has 4 rings (SSSR count). The van der Waals surface area contributed by atoms with Crippen molar-refractivity contribution < 1.29 is 14.7 Å². The quantitative estimate of drug-likeness (QED) is 0.694. The molecule has 2 aliphatic heterocycles. The van der Waals surface area contributed by atoms with Crippen LogP contribution in [-0.4, -0.2) is 65.7 Å². The molecule has 1 aromatic rings. The van der Waals surface area contributed by atoms with Gasteiger partial charge in [-0.05, 0) is 62.8 Å². The predicted octanol–water partition coefficient (Wildman–Crippen LogP) is 3.81. The summed E-state index contributed by atoms with van der Waals surface area (Å²) >= 11 is 1.71. The molecule has 0 radical (unpaired) electrons. The van der Waals surface area contributed by atoms with Crippen molar-refractivity contribution in [3.8, 4) is 0 Å². The fourth-order valence-electron chi connectivity index (χ4n) is 5.48. The molecule has 2 saturated heterocycles. The Morgan fingerprint density at radius 1 is 1.07 bits per heavy atom. The van der Waals surface area contributed by atoms with Crippen molar-refractivity contribution in [2.45, 2.75) is 69.7 Å². The second-order valence-electron chi connectivity index (χ2n) is 9.06. The summed E-state index contributed by atoms with van der Waals surface area (Å²) in [6.07, 6.45) is 9.94. The summed E-state index contributed by atoms with van der Waals surface area (Å²) in [5, 5.41) is 13.8. The number of rotatable bonds is 5. The summed E-state index contributed by atoms with van der Waals surface area (Å²) in [6, 6.07) is 2.55. The maximum absolute atomic E-state index is 13.3. The Bertz CT molecular complexity index is 727. The Hall–Kier alpha value is -1.60. The smallest absolute Gasteiger partial charge is 0.317 e. The summed E-state index contributed by atoms with van der Waals surface area (Å²) in [6.45, 7) is 3.01. The zero-order valence-corrected chi connectivity index (χ0v) is 18.7. The maximum atomic E-state index is 13.3. The molecule has 166 valence electrons. The summed E-state index contributed by atoms with van der Waals surface area (Å²) < 4.78 is 0. The van der Waals surface area contributed by atoms with E-state index in [-0.39, 0.29) is 18.5 Å². The first-order chi connectivity index (χ1) is 14.7. The summed E-state index contributed by atoms with van der Waals surface area (Å²) in [5.41, 5.74) is 0.866. The normalized spacial score (nSPS) is 25.1. The zero-order chi connectivity index (χ0) is 20.9. The van der Waals surface area contributed by atoms with Crippen LogP contribution < -0.4 is 5.32 Å². The molecule has 1 aliphatic carbocycles. The van der Waals surface area contributed by atoms with Crippen LogP contribution in [0.4, 0.5) is 4.79 Å². The molecule has 1 aromatic heterocycles. The minimum absolute atomic E-state index is 0.0314. The lowest BCUT2D eigenvalue weighted by atomic mass is 9.78. The molecular weight excluding hydrogens is 398 g/mol. The van der Waals surface area contributed by atoms with Crippen molar-refractivity contribution in [2.24, 2.45) is 5.92 Å². The highest BCUT2D eigenvalue weighted by atomic mass is 32.1. The lowest BCUT2D eigenvalue weighted by Crippen LogP contribution is -2.49. The van der Waals surface area contributed by atoms with E-state index in [9.17, 15) is 9.59 Å². The van der Waals surface area contributed by atoms with Crippen molar-refractivity contribution in [3.63, 3.8) is 0 Å². The first-order valence-corrected chi connectivity index (χ1v) is 12.6. The third-order valence-electron chi connectivity index (χ3n) is 7.17. The number of fused-ring (bicyclic) bond motifs is 1. The fraction of sp³-hybridized carbons (Fsp3) is 0.739. The van der Waals surface area contributed by atoms with E-state index in [2.05, 4.69) is 21.7 Å². The molecule has 0 spiro atoms. The van der Waals surface area contributed by atoms with Gasteiger partial charge in [-0.2, -0.15) is 0 Å². The Kier molecular flexibility index (Phi) is 7.31. The van der Waals surface area contributed by atoms with E-state index in [4.69, 9.17) is 5.11 Å². The van der Waals surface area contributed by atoms with Gasteiger partial charge in [-0.3, -0.25) is 4.79 Å². The minimum Gasteiger partial charge on any atom is -0.396 e. The number of aliphatic hydroxyl groups is 1. The van der Waals surface area contributed by atoms with Crippen molar-refractivity contribution in [1.82, 2.24) is 15.1 Å². The monoisotopic (exact) mass is 433 g/mol. The number of carbonyl (C=O) groups is 2. The highest BCUT2D eigenvalue weighted by Crippen LogP contribution is 2.37. The van der Waals surface area contributed by atoms with Gasteiger partial charge in [0, 0.05) is 49.1 Å². The predicted molar refractivity (Wildman–Crippen MR) is 119 cm³/mol. The highest BCUT2D eigenvalue weighted by Gasteiger charge is 2.36. The van der Waals surface area contributed by atoms with Gasteiger partial charge in [-0.15, -0.1) is 11.3 Å². The molecule has 3 amide bonds. The number of urea groups is 1. The van der Waals surface area contributed by atoms with Crippen LogP contribution in [0.5, 0.6) is 0 Å². The molecule has 3 heterocycles. The van der Waals surface area contributed by atoms with Crippen LogP contribution in [0, 0.1) is 5.92 Å². The molecule has 2 unspecified atom stereocenters. The van der Waals surface area contributed by atoms with Crippen molar-refractivity contribution in [3.05, 3.63) is 21.9 Å². The second-order valence-corrected chi connectivity index (χ2v) is 10.0. The number of amides is 3. The van der Waals surface area contributed by atoms with Gasteiger partial charge in [0.1, 0.15) is 0 Å². The Morgan fingerprint density at radius 2 is 1.83 bits per heavy atom. The van der Waals surface area contributed by atoms with E-state index in [1.807, 2.05) is 4.90 Å². The largest absolute Gasteiger partial charge is 0.396 e. The number of carbonyl (C=O) groups excluding carboxylic acids is 2. The van der Waals surface area contributed by atoms with Gasteiger partial charge in [-0.1, -0.05) is 12.8 Å². The molecule has 3 aliphatic rings. The van der Waals surface area contributed by atoms with Gasteiger partial charge in [-0.25, -0.2) is 4.79 Å². The van der Waals surface area contributed by atoms with Gasteiger partial charge >= 0.3 is 6.03 Å². The van der Waals surface area contributed by atoms with E-state index in [1.165, 1.54) is 37.0 Å². The zero-order valence-electron chi connectivity index (χ0n) is 17.9. The number of aliphatic hydroxyl groups excluding tert-OH is 1. The molecule has 0 bridgehead atoms. The van der Waals surface area contributed by atoms with Crippen LogP contribution >= 0.6 is 11.3 Å². The van der Waals surface area contributed by atoms with Gasteiger partial charge < -0.3 is 20.2 Å². The van der Waals surface area contributed by atoms with Gasteiger partial charge in [0.2, 0.25) is 0 Å². The molecule has 3 fully saturated rings. The fourth-order valence-corrected chi connectivity index (χ4v) is 6.53. The van der Waals surface area contributed by atoms with Crippen molar-refractivity contribution in [1.29, 1.82) is 0 Å². The van der Waals surface area contributed by atoms with E-state index >= 15 is 0 Å². The van der Waals surface area contributed by atoms with Gasteiger partial charge in [0.15, 0.2) is 0 Å². The molecule has 0 aromatic carbocycles. The molecular formula is C23H35N3O3S. The lowest BCUT2D eigenvalue weighted by molar-refractivity contribution is 0.0391. The first-order valence-electron chi connectivity index (χ1n) is 11.7. The Labute approximate surface area is 183 Å². The number of likely N-dealkylation sites (tertiary alicyclic amines) is 2. The number of thiophene rings is 1. The highest BCUT2D eigenvalue weighted by molar-refractivity contribution is 7.10. The molecule has 2 N–H and O–H groups in total. The number of hydrogen-bond acceptors (Lipinski definition) is 4. The SMILES string of the molecule is O=C(NCCCO)N1CCC(c2cc(C(=O)N3CCCC4CCCCC43)cs2)CC1. The van der Waals surface area contributed by atoms with Gasteiger partial charge in [0.25, 0.3) is 5.91 Å². The van der Waals surface area contributed by atoms with E-state index in [1.54, 1.807) is 11.3 Å². The lowest BCUT2D eigenvalue weighted by Gasteiger charge is -2.44. The Balaban J connectivity index is 1.32. The molecule has 6 nitrogen and oxygen atoms in total. The van der Waals surface area contributed by atoms with Crippen LogP contribution in [0.25, 0.3) is 0 Å². The number of nitrogens with zero attached hydrogens (tertiary/aromatic N) is 2. The number of hydrogen-bond donors (Lipinski definition) is 2. The second kappa shape index (κ2) is 10.1. The average Bonchev–Trinajstić information content (AvgIpc) is 3.29. The first kappa shape index (κ1) is 21.6. The van der Waals surface area contributed by atoms with E-state index in [0.717, 1.165) is 44.5 Å². The van der Waals surface area contributed by atoms with Crippen molar-refractivity contribution in [2.75, 3.05) is 32.8 Å². The summed E-state index contributed by atoms with van der Waals surface area (Å²) in [4.78, 5) is 30.8. The van der Waals surface area contributed by atoms with Gasteiger partial charge in [0.05, 0.1) is 5.56 Å². The standard InChI is InChI=1S/C23H35N3O3S/c27-14-4-10-24-23(29)25-12-8-18(9-13-25)21-15-19(16-30-21)22(28)26-11-3-6-17-5-1-2-7-20(17)26/h15-18,20,27H,1-14H2,(H,24,29). The summed E-state index contributed by atoms with van der Waals surface area (Å²) in [7, 11) is 0. The topological polar surface area (TPSA) is 72.9 Å². The molecule has 1 saturated carbocycles. The third-order valence-corrected chi connectivity index (χ3v) is 8.26.